The molecular weight excluding hydrogens is 238 g/mol. The van der Waals surface area contributed by atoms with Crippen molar-refractivity contribution in [1.29, 1.82) is 0 Å². The Bertz CT molecular complexity index is 490. The van der Waals surface area contributed by atoms with Crippen LogP contribution < -0.4 is 10.5 Å². The van der Waals surface area contributed by atoms with Crippen molar-refractivity contribution >= 4 is 17.3 Å². The first-order chi connectivity index (χ1) is 8.20. The van der Waals surface area contributed by atoms with Crippen molar-refractivity contribution < 1.29 is 4.74 Å². The molecule has 17 heavy (non-hydrogen) atoms. The van der Waals surface area contributed by atoms with Crippen LogP contribution in [0.2, 0.25) is 5.02 Å². The predicted octanol–water partition coefficient (Wildman–Crippen LogP) is 2.72. The van der Waals surface area contributed by atoms with Gasteiger partial charge in [0.2, 0.25) is 0 Å². The Hall–Kier alpha value is -1.68. The van der Waals surface area contributed by atoms with Crippen LogP contribution in [-0.2, 0) is 13.2 Å². The molecule has 0 bridgehead atoms. The third kappa shape index (κ3) is 2.71. The van der Waals surface area contributed by atoms with Crippen LogP contribution in [0.25, 0.3) is 0 Å². The molecule has 90 valence electrons. The highest BCUT2D eigenvalue weighted by Crippen LogP contribution is 2.31. The van der Waals surface area contributed by atoms with Gasteiger partial charge in [-0.2, -0.15) is 5.10 Å². The molecule has 0 saturated heterocycles. The smallest absolute Gasteiger partial charge is 0.161 e. The molecule has 5 heteroatoms. The monoisotopic (exact) mass is 251 g/mol. The highest BCUT2D eigenvalue weighted by Gasteiger charge is 2.06. The van der Waals surface area contributed by atoms with Crippen molar-refractivity contribution in [1.82, 2.24) is 9.78 Å². The van der Waals surface area contributed by atoms with E-state index in [1.165, 1.54) is 0 Å². The first-order valence-electron chi connectivity index (χ1n) is 5.39. The molecule has 0 aliphatic carbocycles. The molecule has 0 aliphatic rings. The number of aromatic nitrogens is 2. The van der Waals surface area contributed by atoms with Gasteiger partial charge in [-0.1, -0.05) is 17.7 Å². The van der Waals surface area contributed by atoms with Gasteiger partial charge in [0.1, 0.15) is 6.61 Å². The van der Waals surface area contributed by atoms with Crippen LogP contribution in [0.4, 0.5) is 5.69 Å². The van der Waals surface area contributed by atoms with Gasteiger partial charge in [0.25, 0.3) is 0 Å². The normalized spacial score (nSPS) is 10.5. The number of hydrogen-bond donors (Lipinski definition) is 1. The molecular formula is C12H14ClN3O. The second-order valence-corrected chi connectivity index (χ2v) is 4.06. The molecule has 0 radical (unpaired) electrons. The molecule has 1 aromatic heterocycles. The molecule has 0 atom stereocenters. The zero-order chi connectivity index (χ0) is 12.3. The lowest BCUT2D eigenvalue weighted by atomic mass is 10.3. The van der Waals surface area contributed by atoms with Crippen LogP contribution in [0.5, 0.6) is 5.75 Å². The van der Waals surface area contributed by atoms with Crippen LogP contribution in [0, 0.1) is 0 Å². The number of nitrogens with zero attached hydrogens (tertiary/aromatic N) is 2. The molecule has 4 nitrogen and oxygen atoms in total. The first-order valence-corrected chi connectivity index (χ1v) is 5.76. The number of hydrogen-bond acceptors (Lipinski definition) is 3. The van der Waals surface area contributed by atoms with E-state index in [9.17, 15) is 0 Å². The van der Waals surface area contributed by atoms with Gasteiger partial charge < -0.3 is 10.5 Å². The predicted molar refractivity (Wildman–Crippen MR) is 68.1 cm³/mol. The van der Waals surface area contributed by atoms with Crippen molar-refractivity contribution in [3.05, 3.63) is 41.2 Å². The Morgan fingerprint density at radius 1 is 1.47 bits per heavy atom. The van der Waals surface area contributed by atoms with Gasteiger partial charge in [-0.25, -0.2) is 0 Å². The van der Waals surface area contributed by atoms with E-state index in [0.717, 1.165) is 12.1 Å². The third-order valence-electron chi connectivity index (χ3n) is 2.39. The minimum atomic E-state index is 0.411. The van der Waals surface area contributed by atoms with Crippen molar-refractivity contribution in [3.8, 4) is 5.75 Å². The fourth-order valence-electron chi connectivity index (χ4n) is 1.49. The van der Waals surface area contributed by atoms with E-state index in [1.54, 1.807) is 24.4 Å². The van der Waals surface area contributed by atoms with Crippen molar-refractivity contribution in [2.45, 2.75) is 20.1 Å². The number of benzene rings is 1. The number of para-hydroxylation sites is 1. The van der Waals surface area contributed by atoms with Crippen molar-refractivity contribution in [2.75, 3.05) is 5.73 Å². The quantitative estimate of drug-likeness (QED) is 0.850. The molecule has 2 N–H and O–H groups in total. The van der Waals surface area contributed by atoms with E-state index in [0.29, 0.717) is 23.1 Å². The molecule has 0 fully saturated rings. The molecule has 0 spiro atoms. The van der Waals surface area contributed by atoms with Gasteiger partial charge in [-0.15, -0.1) is 0 Å². The SMILES string of the molecule is CCn1cc(COc2c(N)cccc2Cl)cn1. The lowest BCUT2D eigenvalue weighted by Gasteiger charge is -2.09. The largest absolute Gasteiger partial charge is 0.485 e. The van der Waals surface area contributed by atoms with Crippen molar-refractivity contribution in [2.24, 2.45) is 0 Å². The number of anilines is 1. The molecule has 0 aliphatic heterocycles. The summed E-state index contributed by atoms with van der Waals surface area (Å²) in [6.45, 7) is 3.28. The summed E-state index contributed by atoms with van der Waals surface area (Å²) in [7, 11) is 0. The van der Waals surface area contributed by atoms with Gasteiger partial charge in [0.05, 0.1) is 16.9 Å². The van der Waals surface area contributed by atoms with Gasteiger partial charge in [-0.3, -0.25) is 4.68 Å². The second kappa shape index (κ2) is 5.10. The van der Waals surface area contributed by atoms with Crippen LogP contribution in [-0.4, -0.2) is 9.78 Å². The molecule has 2 aromatic rings. The number of ether oxygens (including phenoxy) is 1. The molecule has 0 saturated carbocycles. The molecule has 1 aromatic carbocycles. The molecule has 0 amide bonds. The summed E-state index contributed by atoms with van der Waals surface area (Å²) >= 11 is 6.00. The van der Waals surface area contributed by atoms with Gasteiger partial charge in [-0.05, 0) is 19.1 Å². The van der Waals surface area contributed by atoms with E-state index < -0.39 is 0 Å². The van der Waals surface area contributed by atoms with E-state index in [1.807, 2.05) is 17.8 Å². The maximum atomic E-state index is 6.00. The number of nitrogens with two attached hydrogens (primary N) is 1. The number of aryl methyl sites for hydroxylation is 1. The fourth-order valence-corrected chi connectivity index (χ4v) is 1.72. The first kappa shape index (κ1) is 11.8. The zero-order valence-electron chi connectivity index (χ0n) is 9.56. The Morgan fingerprint density at radius 2 is 2.29 bits per heavy atom. The second-order valence-electron chi connectivity index (χ2n) is 3.65. The van der Waals surface area contributed by atoms with E-state index >= 15 is 0 Å². The third-order valence-corrected chi connectivity index (χ3v) is 2.69. The van der Waals surface area contributed by atoms with Crippen LogP contribution >= 0.6 is 11.6 Å². The van der Waals surface area contributed by atoms with E-state index in [2.05, 4.69) is 5.10 Å². The summed E-state index contributed by atoms with van der Waals surface area (Å²) in [4.78, 5) is 0. The Morgan fingerprint density at radius 3 is 2.94 bits per heavy atom. The average molecular weight is 252 g/mol. The topological polar surface area (TPSA) is 53.1 Å². The zero-order valence-corrected chi connectivity index (χ0v) is 10.3. The standard InChI is InChI=1S/C12H14ClN3O/c1-2-16-7-9(6-15-16)8-17-12-10(13)4-3-5-11(12)14/h3-7H,2,8,14H2,1H3. The maximum absolute atomic E-state index is 6.00. The minimum Gasteiger partial charge on any atom is -0.485 e. The summed E-state index contributed by atoms with van der Waals surface area (Å²) in [5.41, 5.74) is 7.32. The summed E-state index contributed by atoms with van der Waals surface area (Å²) in [6.07, 6.45) is 3.71. The number of nitrogen functional groups attached to an aromatic ring is 1. The summed E-state index contributed by atoms with van der Waals surface area (Å²) in [5.74, 6) is 0.526. The average Bonchev–Trinajstić information content (AvgIpc) is 2.76. The molecule has 2 rings (SSSR count). The minimum absolute atomic E-state index is 0.411. The number of rotatable bonds is 4. The van der Waals surface area contributed by atoms with E-state index in [4.69, 9.17) is 22.1 Å². The molecule has 1 heterocycles. The fraction of sp³-hybridized carbons (Fsp3) is 0.250. The van der Waals surface area contributed by atoms with Crippen LogP contribution in [0.1, 0.15) is 12.5 Å². The lowest BCUT2D eigenvalue weighted by Crippen LogP contribution is -1.99. The lowest BCUT2D eigenvalue weighted by molar-refractivity contribution is 0.308. The highest BCUT2D eigenvalue weighted by molar-refractivity contribution is 6.32. The maximum Gasteiger partial charge on any atom is 0.161 e. The van der Waals surface area contributed by atoms with Crippen LogP contribution in [0.15, 0.2) is 30.6 Å². The van der Waals surface area contributed by atoms with Gasteiger partial charge in [0, 0.05) is 18.3 Å². The number of halogens is 1. The van der Waals surface area contributed by atoms with E-state index in [-0.39, 0.29) is 0 Å². The highest BCUT2D eigenvalue weighted by atomic mass is 35.5. The van der Waals surface area contributed by atoms with Gasteiger partial charge >= 0.3 is 0 Å². The Balaban J connectivity index is 2.07. The summed E-state index contributed by atoms with van der Waals surface area (Å²) < 4.78 is 7.44. The molecule has 0 unspecified atom stereocenters. The summed E-state index contributed by atoms with van der Waals surface area (Å²) in [6, 6.07) is 5.30. The van der Waals surface area contributed by atoms with Crippen LogP contribution in [0.3, 0.4) is 0 Å². The van der Waals surface area contributed by atoms with Gasteiger partial charge in [0.15, 0.2) is 5.75 Å². The Kier molecular flexibility index (Phi) is 3.54. The van der Waals surface area contributed by atoms with Crippen molar-refractivity contribution in [3.63, 3.8) is 0 Å². The summed E-state index contributed by atoms with van der Waals surface area (Å²) in [5, 5.41) is 4.69. The Labute approximate surface area is 105 Å².